The number of aromatic nitrogens is 3. The Morgan fingerprint density at radius 3 is 3.15 bits per heavy atom. The van der Waals surface area contributed by atoms with Crippen LogP contribution in [0, 0.1) is 6.92 Å². The average molecular weight is 181 g/mol. The molecule has 1 N–H and O–H groups in total. The maximum atomic E-state index is 5.52. The van der Waals surface area contributed by atoms with Crippen LogP contribution in [0.2, 0.25) is 0 Å². The summed E-state index contributed by atoms with van der Waals surface area (Å²) in [4.78, 5) is 4.25. The molecule has 0 amide bonds. The van der Waals surface area contributed by atoms with Crippen molar-refractivity contribution in [3.05, 3.63) is 11.6 Å². The third-order valence-corrected chi connectivity index (χ3v) is 2.36. The number of aromatic amines is 1. The predicted octanol–water partition coefficient (Wildman–Crippen LogP) is 1.22. The van der Waals surface area contributed by atoms with Crippen molar-refractivity contribution >= 4 is 0 Å². The Kier molecular flexibility index (Phi) is 2.59. The van der Waals surface area contributed by atoms with Gasteiger partial charge < -0.3 is 4.74 Å². The summed E-state index contributed by atoms with van der Waals surface area (Å²) in [6.45, 7) is 2.85. The van der Waals surface area contributed by atoms with E-state index in [0.29, 0.717) is 6.10 Å². The number of nitrogens with zero attached hydrogens (tertiary/aromatic N) is 2. The molecule has 1 unspecified atom stereocenters. The van der Waals surface area contributed by atoms with Gasteiger partial charge in [-0.3, -0.25) is 5.10 Å². The smallest absolute Gasteiger partial charge is 0.150 e. The third kappa shape index (κ3) is 2.28. The molecule has 4 nitrogen and oxygen atoms in total. The van der Waals surface area contributed by atoms with E-state index in [0.717, 1.165) is 31.1 Å². The number of hydrogen-bond acceptors (Lipinski definition) is 3. The van der Waals surface area contributed by atoms with E-state index in [2.05, 4.69) is 15.2 Å². The van der Waals surface area contributed by atoms with E-state index in [9.17, 15) is 0 Å². The summed E-state index contributed by atoms with van der Waals surface area (Å²) >= 11 is 0. The first kappa shape index (κ1) is 8.69. The molecule has 2 rings (SSSR count). The van der Waals surface area contributed by atoms with E-state index < -0.39 is 0 Å². The fourth-order valence-corrected chi connectivity index (χ4v) is 1.66. The number of aryl methyl sites for hydroxylation is 2. The Hall–Kier alpha value is -0.900. The van der Waals surface area contributed by atoms with Crippen molar-refractivity contribution in [2.75, 3.05) is 6.61 Å². The summed E-state index contributed by atoms with van der Waals surface area (Å²) in [5, 5.41) is 6.93. The molecule has 1 aliphatic rings. The lowest BCUT2D eigenvalue weighted by Crippen LogP contribution is -2.06. The Bertz CT molecular complexity index is 266. The van der Waals surface area contributed by atoms with Crippen LogP contribution >= 0.6 is 0 Å². The monoisotopic (exact) mass is 181 g/mol. The summed E-state index contributed by atoms with van der Waals surface area (Å²) in [6.07, 6.45) is 4.83. The van der Waals surface area contributed by atoms with Gasteiger partial charge in [0.1, 0.15) is 5.82 Å². The van der Waals surface area contributed by atoms with Gasteiger partial charge in [0.05, 0.1) is 6.10 Å². The van der Waals surface area contributed by atoms with Crippen molar-refractivity contribution in [1.82, 2.24) is 15.2 Å². The second-order valence-corrected chi connectivity index (χ2v) is 3.51. The first-order chi connectivity index (χ1) is 6.34. The summed E-state index contributed by atoms with van der Waals surface area (Å²) in [5.41, 5.74) is 0. The van der Waals surface area contributed by atoms with Crippen molar-refractivity contribution in [2.45, 2.75) is 38.7 Å². The van der Waals surface area contributed by atoms with Crippen molar-refractivity contribution in [1.29, 1.82) is 0 Å². The second-order valence-electron chi connectivity index (χ2n) is 3.51. The van der Waals surface area contributed by atoms with Crippen LogP contribution in [0.3, 0.4) is 0 Å². The SMILES string of the molecule is Cc1nc(CCC2CCCO2)n[nH]1. The normalized spacial score (nSPS) is 22.4. The summed E-state index contributed by atoms with van der Waals surface area (Å²) < 4.78 is 5.52. The van der Waals surface area contributed by atoms with Crippen molar-refractivity contribution in [3.63, 3.8) is 0 Å². The molecule has 1 fully saturated rings. The molecule has 1 aliphatic heterocycles. The van der Waals surface area contributed by atoms with Gasteiger partial charge in [0.25, 0.3) is 0 Å². The number of rotatable bonds is 3. The fraction of sp³-hybridized carbons (Fsp3) is 0.778. The van der Waals surface area contributed by atoms with Gasteiger partial charge in [-0.05, 0) is 26.2 Å². The molecular formula is C9H15N3O. The van der Waals surface area contributed by atoms with E-state index in [4.69, 9.17) is 4.74 Å². The molecule has 0 aliphatic carbocycles. The summed E-state index contributed by atoms with van der Waals surface area (Å²) in [7, 11) is 0. The Morgan fingerprint density at radius 1 is 1.62 bits per heavy atom. The molecule has 0 bridgehead atoms. The quantitative estimate of drug-likeness (QED) is 0.762. The van der Waals surface area contributed by atoms with Crippen LogP contribution < -0.4 is 0 Å². The molecule has 0 radical (unpaired) electrons. The van der Waals surface area contributed by atoms with Crippen LogP contribution in [-0.2, 0) is 11.2 Å². The minimum atomic E-state index is 0.443. The molecule has 1 atom stereocenters. The topological polar surface area (TPSA) is 50.8 Å². The van der Waals surface area contributed by atoms with Gasteiger partial charge in [0.15, 0.2) is 5.82 Å². The highest BCUT2D eigenvalue weighted by Crippen LogP contribution is 2.16. The van der Waals surface area contributed by atoms with Crippen LogP contribution in [-0.4, -0.2) is 27.9 Å². The van der Waals surface area contributed by atoms with Crippen molar-refractivity contribution < 1.29 is 4.74 Å². The highest BCUT2D eigenvalue weighted by atomic mass is 16.5. The number of H-pyrrole nitrogens is 1. The molecule has 2 heterocycles. The summed E-state index contributed by atoms with van der Waals surface area (Å²) in [5.74, 6) is 1.80. The lowest BCUT2D eigenvalue weighted by molar-refractivity contribution is 0.104. The van der Waals surface area contributed by atoms with Crippen molar-refractivity contribution in [3.8, 4) is 0 Å². The van der Waals surface area contributed by atoms with Gasteiger partial charge in [-0.15, -0.1) is 0 Å². The molecule has 72 valence electrons. The van der Waals surface area contributed by atoms with Gasteiger partial charge in [0.2, 0.25) is 0 Å². The maximum absolute atomic E-state index is 5.52. The molecule has 0 saturated carbocycles. The Morgan fingerprint density at radius 2 is 2.54 bits per heavy atom. The second kappa shape index (κ2) is 3.87. The molecule has 0 spiro atoms. The van der Waals surface area contributed by atoms with E-state index in [1.165, 1.54) is 12.8 Å². The highest BCUT2D eigenvalue weighted by molar-refractivity contribution is 4.88. The Labute approximate surface area is 77.7 Å². The van der Waals surface area contributed by atoms with E-state index in [-0.39, 0.29) is 0 Å². The predicted molar refractivity (Wildman–Crippen MR) is 48.4 cm³/mol. The van der Waals surface area contributed by atoms with E-state index in [1.807, 2.05) is 6.92 Å². The molecule has 1 saturated heterocycles. The largest absolute Gasteiger partial charge is 0.378 e. The molecule has 1 aromatic rings. The maximum Gasteiger partial charge on any atom is 0.150 e. The number of hydrogen-bond donors (Lipinski definition) is 1. The zero-order valence-electron chi connectivity index (χ0n) is 7.92. The molecule has 4 heteroatoms. The Balaban J connectivity index is 1.78. The lowest BCUT2D eigenvalue weighted by Gasteiger charge is -2.05. The van der Waals surface area contributed by atoms with Crippen LogP contribution in [0.1, 0.15) is 30.9 Å². The summed E-state index contributed by atoms with van der Waals surface area (Å²) in [6, 6.07) is 0. The number of ether oxygens (including phenoxy) is 1. The van der Waals surface area contributed by atoms with Gasteiger partial charge in [-0.1, -0.05) is 0 Å². The minimum Gasteiger partial charge on any atom is -0.378 e. The number of nitrogens with one attached hydrogen (secondary N) is 1. The zero-order valence-corrected chi connectivity index (χ0v) is 7.92. The standard InChI is InChI=1S/C9H15N3O/c1-7-10-9(12-11-7)5-4-8-3-2-6-13-8/h8H,2-6H2,1H3,(H,10,11,12). The van der Waals surface area contributed by atoms with Crippen LogP contribution in [0.25, 0.3) is 0 Å². The van der Waals surface area contributed by atoms with Gasteiger partial charge >= 0.3 is 0 Å². The minimum absolute atomic E-state index is 0.443. The van der Waals surface area contributed by atoms with E-state index in [1.54, 1.807) is 0 Å². The highest BCUT2D eigenvalue weighted by Gasteiger charge is 2.15. The molecule has 1 aromatic heterocycles. The third-order valence-electron chi connectivity index (χ3n) is 2.36. The lowest BCUT2D eigenvalue weighted by atomic mass is 10.1. The van der Waals surface area contributed by atoms with Crippen LogP contribution in [0.5, 0.6) is 0 Å². The van der Waals surface area contributed by atoms with Gasteiger partial charge in [0, 0.05) is 13.0 Å². The van der Waals surface area contributed by atoms with Gasteiger partial charge in [-0.25, -0.2) is 4.98 Å². The van der Waals surface area contributed by atoms with Gasteiger partial charge in [-0.2, -0.15) is 5.10 Å². The molecule has 13 heavy (non-hydrogen) atoms. The van der Waals surface area contributed by atoms with Crippen LogP contribution in [0.15, 0.2) is 0 Å². The molecule has 0 aromatic carbocycles. The van der Waals surface area contributed by atoms with E-state index >= 15 is 0 Å². The first-order valence-corrected chi connectivity index (χ1v) is 4.84. The van der Waals surface area contributed by atoms with Crippen molar-refractivity contribution in [2.24, 2.45) is 0 Å². The average Bonchev–Trinajstić information content (AvgIpc) is 2.71. The molecular weight excluding hydrogens is 166 g/mol. The fourth-order valence-electron chi connectivity index (χ4n) is 1.66. The first-order valence-electron chi connectivity index (χ1n) is 4.84. The van der Waals surface area contributed by atoms with Crippen LogP contribution in [0.4, 0.5) is 0 Å². The zero-order chi connectivity index (χ0) is 9.10.